The highest BCUT2D eigenvalue weighted by Gasteiger charge is 2.34. The molecule has 3 rings (SSSR count). The fourth-order valence-corrected chi connectivity index (χ4v) is 3.90. The Bertz CT molecular complexity index is 566. The van der Waals surface area contributed by atoms with E-state index >= 15 is 0 Å². The van der Waals surface area contributed by atoms with Crippen LogP contribution in [0.1, 0.15) is 56.0 Å². The number of likely N-dealkylation sites (tertiary alicyclic amines) is 2. The lowest BCUT2D eigenvalue weighted by Gasteiger charge is -2.35. The van der Waals surface area contributed by atoms with E-state index in [0.717, 1.165) is 32.5 Å². The second-order valence-electron chi connectivity index (χ2n) is 7.26. The number of nitrogens with one attached hydrogen (secondary N) is 1. The lowest BCUT2D eigenvalue weighted by atomic mass is 10.0. The standard InChI is InChI=1S/C19H29N3O3/c1-15(14-21-10-4-2-5-11-21)20-18(23)16-8-3-6-12-22(16)19(24)17-9-7-13-25-17/h7,9,13,15-16H,2-6,8,10-12,14H2,1H3,(H,20,23). The summed E-state index contributed by atoms with van der Waals surface area (Å²) in [5.41, 5.74) is 0. The van der Waals surface area contributed by atoms with Gasteiger partial charge in [0.15, 0.2) is 5.76 Å². The van der Waals surface area contributed by atoms with Crippen molar-refractivity contribution < 1.29 is 14.0 Å². The summed E-state index contributed by atoms with van der Waals surface area (Å²) < 4.78 is 5.23. The van der Waals surface area contributed by atoms with Crippen LogP contribution in [0.15, 0.2) is 22.8 Å². The first kappa shape index (κ1) is 18.0. The summed E-state index contributed by atoms with van der Waals surface area (Å²) in [7, 11) is 0. The van der Waals surface area contributed by atoms with Crippen molar-refractivity contribution in [3.05, 3.63) is 24.2 Å². The Balaban J connectivity index is 1.57. The summed E-state index contributed by atoms with van der Waals surface area (Å²) in [5, 5.41) is 3.12. The summed E-state index contributed by atoms with van der Waals surface area (Å²) >= 11 is 0. The van der Waals surface area contributed by atoms with Crippen LogP contribution < -0.4 is 5.32 Å². The molecule has 6 nitrogen and oxygen atoms in total. The van der Waals surface area contributed by atoms with Gasteiger partial charge in [-0.3, -0.25) is 9.59 Å². The molecule has 3 heterocycles. The van der Waals surface area contributed by atoms with Gasteiger partial charge in [-0.05, 0) is 64.3 Å². The Morgan fingerprint density at radius 2 is 1.96 bits per heavy atom. The van der Waals surface area contributed by atoms with Gasteiger partial charge in [-0.15, -0.1) is 0 Å². The molecule has 2 unspecified atom stereocenters. The third kappa shape index (κ3) is 4.63. The summed E-state index contributed by atoms with van der Waals surface area (Å²) in [6.45, 7) is 5.77. The SMILES string of the molecule is CC(CN1CCCCC1)NC(=O)C1CCCCN1C(=O)c1ccco1. The number of hydrogen-bond acceptors (Lipinski definition) is 4. The zero-order chi connectivity index (χ0) is 17.6. The summed E-state index contributed by atoms with van der Waals surface area (Å²) in [6, 6.07) is 3.06. The maximum Gasteiger partial charge on any atom is 0.290 e. The highest BCUT2D eigenvalue weighted by Crippen LogP contribution is 2.20. The minimum atomic E-state index is -0.393. The number of amides is 2. The van der Waals surface area contributed by atoms with Gasteiger partial charge in [0.25, 0.3) is 5.91 Å². The molecule has 2 atom stereocenters. The Morgan fingerprint density at radius 3 is 2.68 bits per heavy atom. The summed E-state index contributed by atoms with van der Waals surface area (Å²) in [4.78, 5) is 29.5. The van der Waals surface area contributed by atoms with Gasteiger partial charge in [0.05, 0.1) is 6.26 Å². The van der Waals surface area contributed by atoms with Crippen LogP contribution >= 0.6 is 0 Å². The monoisotopic (exact) mass is 347 g/mol. The summed E-state index contributed by atoms with van der Waals surface area (Å²) in [5.74, 6) is 0.0821. The number of nitrogens with zero attached hydrogens (tertiary/aromatic N) is 2. The molecule has 2 aliphatic rings. The molecule has 1 aromatic rings. The van der Waals surface area contributed by atoms with Gasteiger partial charge in [-0.2, -0.15) is 0 Å². The first-order chi connectivity index (χ1) is 12.1. The summed E-state index contributed by atoms with van der Waals surface area (Å²) in [6.07, 6.45) is 7.91. The number of furan rings is 1. The second kappa shape index (κ2) is 8.52. The number of carbonyl (C=O) groups is 2. The van der Waals surface area contributed by atoms with E-state index < -0.39 is 6.04 Å². The smallest absolute Gasteiger partial charge is 0.290 e. The third-order valence-electron chi connectivity index (χ3n) is 5.17. The Morgan fingerprint density at radius 1 is 1.20 bits per heavy atom. The first-order valence-electron chi connectivity index (χ1n) is 9.52. The molecule has 25 heavy (non-hydrogen) atoms. The molecule has 6 heteroatoms. The van der Waals surface area contributed by atoms with Crippen LogP contribution in [0.3, 0.4) is 0 Å². The van der Waals surface area contributed by atoms with E-state index in [1.54, 1.807) is 17.0 Å². The number of piperidine rings is 2. The van der Waals surface area contributed by atoms with Crippen molar-refractivity contribution in [2.24, 2.45) is 0 Å². The number of rotatable bonds is 5. The predicted molar refractivity (Wildman–Crippen MR) is 95.3 cm³/mol. The van der Waals surface area contributed by atoms with E-state index in [9.17, 15) is 9.59 Å². The van der Waals surface area contributed by atoms with Gasteiger partial charge in [-0.1, -0.05) is 6.42 Å². The van der Waals surface area contributed by atoms with Crippen LogP contribution in [-0.2, 0) is 4.79 Å². The van der Waals surface area contributed by atoms with Crippen molar-refractivity contribution in [1.82, 2.24) is 15.1 Å². The molecule has 2 fully saturated rings. The molecule has 0 aliphatic carbocycles. The van der Waals surface area contributed by atoms with E-state index in [1.165, 1.54) is 25.5 Å². The van der Waals surface area contributed by atoms with E-state index in [1.807, 2.05) is 6.92 Å². The van der Waals surface area contributed by atoms with Crippen molar-refractivity contribution in [2.75, 3.05) is 26.2 Å². The molecule has 2 saturated heterocycles. The van der Waals surface area contributed by atoms with Gasteiger partial charge < -0.3 is 19.5 Å². The number of carbonyl (C=O) groups excluding carboxylic acids is 2. The Kier molecular flexibility index (Phi) is 6.13. The fourth-order valence-electron chi connectivity index (χ4n) is 3.90. The van der Waals surface area contributed by atoms with Crippen LogP contribution in [0.25, 0.3) is 0 Å². The van der Waals surface area contributed by atoms with Crippen molar-refractivity contribution in [1.29, 1.82) is 0 Å². The minimum Gasteiger partial charge on any atom is -0.459 e. The lowest BCUT2D eigenvalue weighted by Crippen LogP contribution is -2.54. The molecule has 0 radical (unpaired) electrons. The molecular formula is C19H29N3O3. The predicted octanol–water partition coefficient (Wildman–Crippen LogP) is 2.26. The number of hydrogen-bond donors (Lipinski definition) is 1. The average molecular weight is 347 g/mol. The van der Waals surface area contributed by atoms with E-state index in [4.69, 9.17) is 4.42 Å². The van der Waals surface area contributed by atoms with Crippen molar-refractivity contribution in [3.63, 3.8) is 0 Å². The van der Waals surface area contributed by atoms with Gasteiger partial charge >= 0.3 is 0 Å². The van der Waals surface area contributed by atoms with Gasteiger partial charge in [0, 0.05) is 19.1 Å². The molecule has 2 amide bonds. The molecule has 1 N–H and O–H groups in total. The normalized spacial score (nSPS) is 23.2. The topological polar surface area (TPSA) is 65.8 Å². The largest absolute Gasteiger partial charge is 0.459 e. The molecule has 0 aromatic carbocycles. The molecule has 0 saturated carbocycles. The van der Waals surface area contributed by atoms with Crippen molar-refractivity contribution in [2.45, 2.75) is 57.5 Å². The van der Waals surface area contributed by atoms with Crippen LogP contribution in [-0.4, -0.2) is 59.9 Å². The average Bonchev–Trinajstić information content (AvgIpc) is 3.16. The fraction of sp³-hybridized carbons (Fsp3) is 0.684. The maximum atomic E-state index is 12.8. The zero-order valence-corrected chi connectivity index (χ0v) is 15.1. The van der Waals surface area contributed by atoms with E-state index in [-0.39, 0.29) is 17.9 Å². The highest BCUT2D eigenvalue weighted by molar-refractivity contribution is 5.95. The van der Waals surface area contributed by atoms with Crippen molar-refractivity contribution >= 4 is 11.8 Å². The van der Waals surface area contributed by atoms with Crippen LogP contribution in [0, 0.1) is 0 Å². The molecule has 1 aromatic heterocycles. The molecule has 0 spiro atoms. The van der Waals surface area contributed by atoms with Gasteiger partial charge in [-0.25, -0.2) is 0 Å². The Hall–Kier alpha value is -1.82. The minimum absolute atomic E-state index is 0.0379. The third-order valence-corrected chi connectivity index (χ3v) is 5.17. The maximum absolute atomic E-state index is 12.8. The Labute approximate surface area is 149 Å². The van der Waals surface area contributed by atoms with Crippen LogP contribution in [0.4, 0.5) is 0 Å². The van der Waals surface area contributed by atoms with E-state index in [2.05, 4.69) is 10.2 Å². The van der Waals surface area contributed by atoms with Crippen molar-refractivity contribution in [3.8, 4) is 0 Å². The highest BCUT2D eigenvalue weighted by atomic mass is 16.3. The van der Waals surface area contributed by atoms with Crippen LogP contribution in [0.2, 0.25) is 0 Å². The van der Waals surface area contributed by atoms with E-state index in [0.29, 0.717) is 18.7 Å². The quantitative estimate of drug-likeness (QED) is 0.887. The lowest BCUT2D eigenvalue weighted by molar-refractivity contribution is -0.127. The zero-order valence-electron chi connectivity index (χ0n) is 15.1. The van der Waals surface area contributed by atoms with Crippen LogP contribution in [0.5, 0.6) is 0 Å². The molecule has 2 aliphatic heterocycles. The van der Waals surface area contributed by atoms with Gasteiger partial charge in [0.1, 0.15) is 6.04 Å². The molecule has 138 valence electrons. The first-order valence-corrected chi connectivity index (χ1v) is 9.52. The second-order valence-corrected chi connectivity index (χ2v) is 7.26. The molecular weight excluding hydrogens is 318 g/mol. The molecule has 0 bridgehead atoms. The van der Waals surface area contributed by atoms with Gasteiger partial charge in [0.2, 0.25) is 5.91 Å².